The molecule has 0 saturated heterocycles. The predicted molar refractivity (Wildman–Crippen MR) is 114 cm³/mol. The Hall–Kier alpha value is -3.06. The van der Waals surface area contributed by atoms with Gasteiger partial charge in [-0.25, -0.2) is 4.98 Å². The van der Waals surface area contributed by atoms with E-state index in [1.807, 2.05) is 30.3 Å². The van der Waals surface area contributed by atoms with Gasteiger partial charge in [-0.2, -0.15) is 0 Å². The average molecular weight is 392 g/mol. The van der Waals surface area contributed by atoms with E-state index in [2.05, 4.69) is 38.9 Å². The van der Waals surface area contributed by atoms with E-state index in [4.69, 9.17) is 0 Å². The highest BCUT2D eigenvalue weighted by Gasteiger charge is 2.11. The Labute approximate surface area is 166 Å². The Morgan fingerprint density at radius 2 is 1.93 bits per heavy atom. The zero-order valence-electron chi connectivity index (χ0n) is 15.7. The number of aryl methyl sites for hydroxylation is 2. The number of aromatic nitrogens is 3. The van der Waals surface area contributed by atoms with Crippen molar-refractivity contribution < 1.29 is 4.79 Å². The van der Waals surface area contributed by atoms with Crippen molar-refractivity contribution in [2.24, 2.45) is 0 Å². The van der Waals surface area contributed by atoms with Gasteiger partial charge in [0.15, 0.2) is 5.16 Å². The number of anilines is 1. The number of benzene rings is 2. The van der Waals surface area contributed by atoms with Crippen molar-refractivity contribution in [1.29, 1.82) is 0 Å². The van der Waals surface area contributed by atoms with Gasteiger partial charge in [0.1, 0.15) is 0 Å². The third-order valence-electron chi connectivity index (χ3n) is 4.56. The molecule has 2 heterocycles. The van der Waals surface area contributed by atoms with E-state index in [9.17, 15) is 9.59 Å². The first kappa shape index (κ1) is 18.3. The van der Waals surface area contributed by atoms with Crippen molar-refractivity contribution in [3.05, 3.63) is 64.6 Å². The van der Waals surface area contributed by atoms with E-state index in [0.29, 0.717) is 10.9 Å². The van der Waals surface area contributed by atoms with Crippen LogP contribution in [0, 0.1) is 6.92 Å². The summed E-state index contributed by atoms with van der Waals surface area (Å²) < 4.78 is 2.27. The largest absolute Gasteiger partial charge is 0.341 e. The molecule has 142 valence electrons. The third kappa shape index (κ3) is 3.53. The van der Waals surface area contributed by atoms with Gasteiger partial charge in [0.05, 0.1) is 5.75 Å². The Bertz CT molecular complexity index is 1240. The molecule has 4 rings (SSSR count). The Kier molecular flexibility index (Phi) is 4.92. The summed E-state index contributed by atoms with van der Waals surface area (Å²) in [5.41, 5.74) is 3.51. The lowest BCUT2D eigenvalue weighted by molar-refractivity contribution is -0.113. The van der Waals surface area contributed by atoms with E-state index in [-0.39, 0.29) is 17.2 Å². The summed E-state index contributed by atoms with van der Waals surface area (Å²) >= 11 is 1.21. The Balaban J connectivity index is 1.55. The molecule has 2 N–H and O–H groups in total. The number of thioether (sulfide) groups is 1. The van der Waals surface area contributed by atoms with Gasteiger partial charge in [0, 0.05) is 45.8 Å². The number of rotatable bonds is 5. The minimum absolute atomic E-state index is 0.146. The van der Waals surface area contributed by atoms with Crippen LogP contribution in [0.15, 0.2) is 58.5 Å². The summed E-state index contributed by atoms with van der Waals surface area (Å²) in [6.45, 7) is 4.76. The van der Waals surface area contributed by atoms with E-state index < -0.39 is 0 Å². The highest BCUT2D eigenvalue weighted by atomic mass is 32.2. The number of aromatic amines is 1. The van der Waals surface area contributed by atoms with Crippen LogP contribution < -0.4 is 10.9 Å². The first-order valence-corrected chi connectivity index (χ1v) is 10.1. The van der Waals surface area contributed by atoms with Crippen molar-refractivity contribution in [3.63, 3.8) is 0 Å². The summed E-state index contributed by atoms with van der Waals surface area (Å²) in [7, 11) is 0. The minimum Gasteiger partial charge on any atom is -0.341 e. The number of nitrogens with one attached hydrogen (secondary N) is 2. The van der Waals surface area contributed by atoms with E-state index >= 15 is 0 Å². The first-order valence-electron chi connectivity index (χ1n) is 9.07. The van der Waals surface area contributed by atoms with E-state index in [1.54, 1.807) is 6.92 Å². The molecular weight excluding hydrogens is 372 g/mol. The van der Waals surface area contributed by atoms with Gasteiger partial charge in [-0.15, -0.1) is 0 Å². The van der Waals surface area contributed by atoms with Crippen molar-refractivity contribution in [3.8, 4) is 0 Å². The van der Waals surface area contributed by atoms with Gasteiger partial charge in [-0.1, -0.05) is 30.0 Å². The molecule has 6 nitrogen and oxygen atoms in total. The number of hydrogen-bond acceptors (Lipinski definition) is 4. The molecule has 2 aromatic carbocycles. The van der Waals surface area contributed by atoms with Crippen molar-refractivity contribution in [1.82, 2.24) is 14.5 Å². The summed E-state index contributed by atoms with van der Waals surface area (Å²) in [5, 5.41) is 5.67. The summed E-state index contributed by atoms with van der Waals surface area (Å²) in [4.78, 5) is 30.7. The standard InChI is InChI=1S/C21H20N4O2S/c1-3-25-17-7-5-4-6-15(17)16-11-14(8-9-18(16)25)23-20(27)12-28-21-22-13(2)10-19(26)24-21/h4-11H,3,12H2,1-2H3,(H,23,27)(H,22,24,26). The summed E-state index contributed by atoms with van der Waals surface area (Å²) in [5.74, 6) is 0.0222. The van der Waals surface area contributed by atoms with Crippen LogP contribution in [0.4, 0.5) is 5.69 Å². The second-order valence-electron chi connectivity index (χ2n) is 6.52. The van der Waals surface area contributed by atoms with Gasteiger partial charge in [-0.05, 0) is 38.1 Å². The smallest absolute Gasteiger partial charge is 0.251 e. The molecule has 28 heavy (non-hydrogen) atoms. The monoisotopic (exact) mass is 392 g/mol. The maximum atomic E-state index is 12.4. The zero-order chi connectivity index (χ0) is 19.7. The van der Waals surface area contributed by atoms with Gasteiger partial charge in [0.25, 0.3) is 5.56 Å². The summed E-state index contributed by atoms with van der Waals surface area (Å²) in [6.07, 6.45) is 0. The van der Waals surface area contributed by atoms with Crippen LogP contribution >= 0.6 is 11.8 Å². The normalized spacial score (nSPS) is 11.2. The number of nitrogens with zero attached hydrogens (tertiary/aromatic N) is 2. The van der Waals surface area contributed by atoms with Gasteiger partial charge in [-0.3, -0.25) is 9.59 Å². The lowest BCUT2D eigenvalue weighted by Gasteiger charge is -2.07. The lowest BCUT2D eigenvalue weighted by Crippen LogP contribution is -2.15. The van der Waals surface area contributed by atoms with Crippen molar-refractivity contribution >= 4 is 45.2 Å². The van der Waals surface area contributed by atoms with Crippen LogP contribution in [-0.4, -0.2) is 26.2 Å². The van der Waals surface area contributed by atoms with Crippen LogP contribution in [0.5, 0.6) is 0 Å². The maximum absolute atomic E-state index is 12.4. The fraction of sp³-hybridized carbons (Fsp3) is 0.190. The zero-order valence-corrected chi connectivity index (χ0v) is 16.5. The average Bonchev–Trinajstić information content (AvgIpc) is 2.99. The second-order valence-corrected chi connectivity index (χ2v) is 7.49. The highest BCUT2D eigenvalue weighted by molar-refractivity contribution is 7.99. The van der Waals surface area contributed by atoms with Crippen molar-refractivity contribution in [2.45, 2.75) is 25.5 Å². The van der Waals surface area contributed by atoms with Crippen LogP contribution in [0.2, 0.25) is 0 Å². The minimum atomic E-state index is -0.215. The lowest BCUT2D eigenvalue weighted by atomic mass is 10.1. The van der Waals surface area contributed by atoms with Gasteiger partial charge >= 0.3 is 0 Å². The fourth-order valence-electron chi connectivity index (χ4n) is 3.42. The molecule has 0 aliphatic heterocycles. The SMILES string of the molecule is CCn1c2ccccc2c2cc(NC(=O)CSc3nc(C)cc(=O)[nH]3)ccc21. The molecule has 4 aromatic rings. The molecule has 0 atom stereocenters. The number of carbonyl (C=O) groups is 1. The van der Waals surface area contributed by atoms with E-state index in [1.165, 1.54) is 28.7 Å². The molecule has 2 aromatic heterocycles. The van der Waals surface area contributed by atoms with Crippen molar-refractivity contribution in [2.75, 3.05) is 11.1 Å². The molecule has 0 spiro atoms. The summed E-state index contributed by atoms with van der Waals surface area (Å²) in [6, 6.07) is 15.7. The molecule has 0 aliphatic rings. The topological polar surface area (TPSA) is 79.8 Å². The molecule has 0 radical (unpaired) electrons. The number of amides is 1. The maximum Gasteiger partial charge on any atom is 0.251 e. The Morgan fingerprint density at radius 1 is 1.14 bits per heavy atom. The number of H-pyrrole nitrogens is 1. The predicted octanol–water partition coefficient (Wildman–Crippen LogP) is 3.94. The quantitative estimate of drug-likeness (QED) is 0.398. The van der Waals surface area contributed by atoms with Crippen LogP contribution in [0.3, 0.4) is 0 Å². The highest BCUT2D eigenvalue weighted by Crippen LogP contribution is 2.31. The second kappa shape index (κ2) is 7.52. The molecule has 1 amide bonds. The molecule has 0 aliphatic carbocycles. The first-order chi connectivity index (χ1) is 13.5. The van der Waals surface area contributed by atoms with Crippen LogP contribution in [0.25, 0.3) is 21.8 Å². The number of hydrogen-bond donors (Lipinski definition) is 2. The van der Waals surface area contributed by atoms with E-state index in [0.717, 1.165) is 23.1 Å². The van der Waals surface area contributed by atoms with Crippen LogP contribution in [-0.2, 0) is 11.3 Å². The van der Waals surface area contributed by atoms with Gasteiger partial charge in [0.2, 0.25) is 5.91 Å². The molecule has 0 unspecified atom stereocenters. The Morgan fingerprint density at radius 3 is 2.71 bits per heavy atom. The third-order valence-corrected chi connectivity index (χ3v) is 5.43. The molecule has 0 saturated carbocycles. The molecule has 0 fully saturated rings. The number of para-hydroxylation sites is 1. The molecular formula is C21H20N4O2S. The number of fused-ring (bicyclic) bond motifs is 3. The van der Waals surface area contributed by atoms with Crippen LogP contribution in [0.1, 0.15) is 12.6 Å². The molecule has 7 heteroatoms. The number of carbonyl (C=O) groups excluding carboxylic acids is 1. The molecule has 0 bridgehead atoms. The van der Waals surface area contributed by atoms with Gasteiger partial charge < -0.3 is 14.9 Å². The fourth-order valence-corrected chi connectivity index (χ4v) is 4.14.